The predicted octanol–water partition coefficient (Wildman–Crippen LogP) is 3.50. The molecule has 3 heteroatoms. The second kappa shape index (κ2) is 6.92. The molecule has 1 aromatic rings. The lowest BCUT2D eigenvalue weighted by Crippen LogP contribution is -2.13. The van der Waals surface area contributed by atoms with E-state index in [2.05, 4.69) is 37.1 Å². The van der Waals surface area contributed by atoms with E-state index >= 15 is 0 Å². The molecule has 0 aromatic carbocycles. The Morgan fingerprint density at radius 3 is 2.81 bits per heavy atom. The van der Waals surface area contributed by atoms with Gasteiger partial charge in [0.05, 0.1) is 0 Å². The first-order valence-electron chi connectivity index (χ1n) is 5.94. The van der Waals surface area contributed by atoms with Gasteiger partial charge in [0.2, 0.25) is 0 Å². The Morgan fingerprint density at radius 2 is 2.19 bits per heavy atom. The maximum atomic E-state index is 4.48. The van der Waals surface area contributed by atoms with Crippen molar-refractivity contribution in [1.82, 2.24) is 10.3 Å². The van der Waals surface area contributed by atoms with E-state index in [9.17, 15) is 0 Å². The molecule has 1 rings (SSSR count). The van der Waals surface area contributed by atoms with Gasteiger partial charge in [-0.25, -0.2) is 4.98 Å². The van der Waals surface area contributed by atoms with Gasteiger partial charge >= 0.3 is 0 Å². The highest BCUT2D eigenvalue weighted by Crippen LogP contribution is 2.27. The number of hydrogen-bond donors (Lipinski definition) is 1. The molecule has 0 amide bonds. The first-order valence-corrected chi connectivity index (χ1v) is 6.92. The number of rotatable bonds is 6. The Kier molecular flexibility index (Phi) is 5.85. The van der Waals surface area contributed by atoms with Gasteiger partial charge in [0.25, 0.3) is 0 Å². The third-order valence-corrected chi connectivity index (χ3v) is 4.25. The minimum Gasteiger partial charge on any atom is -0.313 e. The van der Waals surface area contributed by atoms with Gasteiger partial charge in [0, 0.05) is 23.6 Å². The second-order valence-corrected chi connectivity index (χ2v) is 5.24. The summed E-state index contributed by atoms with van der Waals surface area (Å²) in [6.07, 6.45) is 3.11. The highest BCUT2D eigenvalue weighted by atomic mass is 32.2. The summed E-state index contributed by atoms with van der Waals surface area (Å²) in [5.41, 5.74) is 1.30. The van der Waals surface area contributed by atoms with Crippen LogP contribution in [-0.2, 0) is 0 Å². The van der Waals surface area contributed by atoms with Crippen molar-refractivity contribution in [3.05, 3.63) is 23.9 Å². The van der Waals surface area contributed by atoms with E-state index in [1.165, 1.54) is 17.0 Å². The molecule has 2 atom stereocenters. The van der Waals surface area contributed by atoms with Crippen molar-refractivity contribution in [2.24, 2.45) is 5.92 Å². The quantitative estimate of drug-likeness (QED) is 0.768. The summed E-state index contributed by atoms with van der Waals surface area (Å²) in [4.78, 5) is 4.48. The monoisotopic (exact) mass is 238 g/mol. The van der Waals surface area contributed by atoms with Crippen LogP contribution in [0.2, 0.25) is 0 Å². The lowest BCUT2D eigenvalue weighted by Gasteiger charge is -2.15. The van der Waals surface area contributed by atoms with Crippen LogP contribution in [0.4, 0.5) is 0 Å². The minimum absolute atomic E-state index is 0.369. The number of thioether (sulfide) groups is 1. The standard InChI is InChI=1S/C13H22N2S/c1-5-10(2)9-16-13-12(11(3)14-4)7-6-8-15-13/h6-8,10-11,14H,5,9H2,1-4H3. The second-order valence-electron chi connectivity index (χ2n) is 4.23. The van der Waals surface area contributed by atoms with Crippen LogP contribution in [0, 0.1) is 5.92 Å². The van der Waals surface area contributed by atoms with Crippen molar-refractivity contribution < 1.29 is 0 Å². The van der Waals surface area contributed by atoms with Gasteiger partial charge in [-0.2, -0.15) is 0 Å². The van der Waals surface area contributed by atoms with Gasteiger partial charge in [-0.1, -0.05) is 26.3 Å². The molecule has 0 radical (unpaired) electrons. The van der Waals surface area contributed by atoms with E-state index in [1.807, 2.05) is 31.1 Å². The largest absolute Gasteiger partial charge is 0.313 e. The van der Waals surface area contributed by atoms with Crippen molar-refractivity contribution in [3.8, 4) is 0 Å². The molecule has 0 bridgehead atoms. The molecule has 0 aliphatic carbocycles. The summed E-state index contributed by atoms with van der Waals surface area (Å²) in [5.74, 6) is 1.90. The number of nitrogens with one attached hydrogen (secondary N) is 1. The smallest absolute Gasteiger partial charge is 0.101 e. The molecule has 16 heavy (non-hydrogen) atoms. The molecule has 1 aromatic heterocycles. The molecule has 2 unspecified atom stereocenters. The third-order valence-electron chi connectivity index (χ3n) is 2.90. The third kappa shape index (κ3) is 3.80. The zero-order valence-electron chi connectivity index (χ0n) is 10.7. The first-order chi connectivity index (χ1) is 7.69. The Labute approximate surface area is 103 Å². The maximum absolute atomic E-state index is 4.48. The summed E-state index contributed by atoms with van der Waals surface area (Å²) in [5, 5.41) is 4.44. The summed E-state index contributed by atoms with van der Waals surface area (Å²) in [6.45, 7) is 6.70. The fourth-order valence-corrected chi connectivity index (χ4v) is 2.57. The fourth-order valence-electron chi connectivity index (χ4n) is 1.35. The van der Waals surface area contributed by atoms with E-state index in [4.69, 9.17) is 0 Å². The summed E-state index contributed by atoms with van der Waals surface area (Å²) in [7, 11) is 1.99. The molecular formula is C13H22N2S. The Hall–Kier alpha value is -0.540. The van der Waals surface area contributed by atoms with Crippen molar-refractivity contribution in [2.75, 3.05) is 12.8 Å². The molecule has 90 valence electrons. The van der Waals surface area contributed by atoms with E-state index in [1.54, 1.807) is 0 Å². The van der Waals surface area contributed by atoms with Crippen LogP contribution in [0.3, 0.4) is 0 Å². The van der Waals surface area contributed by atoms with Gasteiger partial charge in [-0.05, 0) is 26.0 Å². The average molecular weight is 238 g/mol. The molecule has 0 fully saturated rings. The zero-order chi connectivity index (χ0) is 12.0. The van der Waals surface area contributed by atoms with Crippen LogP contribution < -0.4 is 5.32 Å². The fraction of sp³-hybridized carbons (Fsp3) is 0.615. The maximum Gasteiger partial charge on any atom is 0.101 e. The van der Waals surface area contributed by atoms with E-state index in [-0.39, 0.29) is 0 Å². The minimum atomic E-state index is 0.369. The van der Waals surface area contributed by atoms with E-state index in [0.717, 1.165) is 11.7 Å². The number of pyridine rings is 1. The number of nitrogens with zero attached hydrogens (tertiary/aromatic N) is 1. The van der Waals surface area contributed by atoms with Crippen LogP contribution in [0.1, 0.15) is 38.8 Å². The van der Waals surface area contributed by atoms with E-state index in [0.29, 0.717) is 6.04 Å². The molecule has 2 nitrogen and oxygen atoms in total. The molecule has 0 aliphatic rings. The van der Waals surface area contributed by atoms with Crippen LogP contribution in [0.5, 0.6) is 0 Å². The van der Waals surface area contributed by atoms with Crippen LogP contribution in [0.25, 0.3) is 0 Å². The Bertz CT molecular complexity index is 315. The van der Waals surface area contributed by atoms with Gasteiger partial charge in [-0.15, -0.1) is 11.8 Å². The van der Waals surface area contributed by atoms with Crippen molar-refractivity contribution in [2.45, 2.75) is 38.3 Å². The lowest BCUT2D eigenvalue weighted by atomic mass is 10.1. The van der Waals surface area contributed by atoms with Crippen molar-refractivity contribution in [3.63, 3.8) is 0 Å². The summed E-state index contributed by atoms with van der Waals surface area (Å²) < 4.78 is 0. The predicted molar refractivity (Wildman–Crippen MR) is 71.9 cm³/mol. The number of hydrogen-bond acceptors (Lipinski definition) is 3. The van der Waals surface area contributed by atoms with Gasteiger partial charge in [0.1, 0.15) is 5.03 Å². The van der Waals surface area contributed by atoms with Crippen LogP contribution in [0.15, 0.2) is 23.4 Å². The molecule has 0 spiro atoms. The highest BCUT2D eigenvalue weighted by Gasteiger charge is 2.10. The molecule has 0 saturated heterocycles. The topological polar surface area (TPSA) is 24.9 Å². The average Bonchev–Trinajstić information content (AvgIpc) is 2.35. The van der Waals surface area contributed by atoms with Gasteiger partial charge < -0.3 is 5.32 Å². The Balaban J connectivity index is 2.71. The normalized spacial score (nSPS) is 14.8. The van der Waals surface area contributed by atoms with Crippen LogP contribution in [-0.4, -0.2) is 17.8 Å². The van der Waals surface area contributed by atoms with Gasteiger partial charge in [-0.3, -0.25) is 0 Å². The summed E-state index contributed by atoms with van der Waals surface area (Å²) in [6, 6.07) is 4.54. The molecule has 1 N–H and O–H groups in total. The molecule has 0 aliphatic heterocycles. The van der Waals surface area contributed by atoms with Gasteiger partial charge in [0.15, 0.2) is 0 Å². The molecular weight excluding hydrogens is 216 g/mol. The summed E-state index contributed by atoms with van der Waals surface area (Å²) >= 11 is 1.87. The lowest BCUT2D eigenvalue weighted by molar-refractivity contribution is 0.627. The van der Waals surface area contributed by atoms with Crippen molar-refractivity contribution in [1.29, 1.82) is 0 Å². The highest BCUT2D eigenvalue weighted by molar-refractivity contribution is 7.99. The molecule has 1 heterocycles. The Morgan fingerprint density at radius 1 is 1.44 bits per heavy atom. The number of aromatic nitrogens is 1. The first kappa shape index (κ1) is 13.5. The zero-order valence-corrected chi connectivity index (χ0v) is 11.5. The van der Waals surface area contributed by atoms with Crippen molar-refractivity contribution >= 4 is 11.8 Å². The van der Waals surface area contributed by atoms with E-state index < -0.39 is 0 Å². The van der Waals surface area contributed by atoms with Crippen LogP contribution >= 0.6 is 11.8 Å². The molecule has 0 saturated carbocycles. The SMILES string of the molecule is CCC(C)CSc1ncccc1C(C)NC.